The Kier molecular flexibility index (Phi) is 4.62. The predicted octanol–water partition coefficient (Wildman–Crippen LogP) is 1.71. The first kappa shape index (κ1) is 15.1. The number of nitrogens with zero attached hydrogens (tertiary/aromatic N) is 2. The molecule has 1 atom stereocenters. The molecule has 0 aliphatic carbocycles. The number of amides is 1. The van der Waals surface area contributed by atoms with Crippen LogP contribution in [0, 0.1) is 10.1 Å². The first-order valence-electron chi connectivity index (χ1n) is 7.04. The highest BCUT2D eigenvalue weighted by atomic mass is 16.6. The van der Waals surface area contributed by atoms with Crippen molar-refractivity contribution < 1.29 is 14.5 Å². The highest BCUT2D eigenvalue weighted by Gasteiger charge is 2.29. The lowest BCUT2D eigenvalue weighted by Crippen LogP contribution is -2.55. The summed E-state index contributed by atoms with van der Waals surface area (Å²) < 4.78 is 5.36. The Morgan fingerprint density at radius 1 is 1.48 bits per heavy atom. The highest BCUT2D eigenvalue weighted by molar-refractivity contribution is 5.86. The van der Waals surface area contributed by atoms with E-state index in [2.05, 4.69) is 5.32 Å². The average molecular weight is 293 g/mol. The van der Waals surface area contributed by atoms with Gasteiger partial charge in [-0.05, 0) is 19.4 Å². The zero-order valence-electron chi connectivity index (χ0n) is 12.2. The van der Waals surface area contributed by atoms with Crippen LogP contribution >= 0.6 is 0 Å². The number of carbonyl (C=O) groups excluding carboxylic acids is 1. The van der Waals surface area contributed by atoms with Crippen LogP contribution in [0.5, 0.6) is 5.75 Å². The second-order valence-corrected chi connectivity index (χ2v) is 4.75. The van der Waals surface area contributed by atoms with Gasteiger partial charge in [-0.25, -0.2) is 0 Å². The molecular weight excluding hydrogens is 274 g/mol. The van der Waals surface area contributed by atoms with E-state index in [9.17, 15) is 14.9 Å². The molecule has 0 radical (unpaired) electrons. The Bertz CT molecular complexity index is 547. The fourth-order valence-corrected chi connectivity index (χ4v) is 2.53. The van der Waals surface area contributed by atoms with Crippen LogP contribution in [-0.2, 0) is 4.79 Å². The fraction of sp³-hybridized carbons (Fsp3) is 0.500. The molecule has 1 aliphatic heterocycles. The molecule has 0 spiro atoms. The minimum Gasteiger partial charge on any atom is -0.487 e. The lowest BCUT2D eigenvalue weighted by molar-refractivity contribution is -0.385. The van der Waals surface area contributed by atoms with Crippen molar-refractivity contribution >= 4 is 17.3 Å². The maximum Gasteiger partial charge on any atom is 0.311 e. The Morgan fingerprint density at radius 3 is 2.86 bits per heavy atom. The molecule has 1 amide bonds. The molecule has 1 aliphatic rings. The standard InChI is InChI=1S/C14H19N3O4/c1-3-11-14(18)15-7-8-16(11)10-5-6-12(17(19)20)13(9-10)21-4-2/h5-6,9,11H,3-4,7-8H2,1-2H3,(H,15,18). The van der Waals surface area contributed by atoms with Crippen LogP contribution in [0.4, 0.5) is 11.4 Å². The van der Waals surface area contributed by atoms with E-state index in [1.165, 1.54) is 6.07 Å². The summed E-state index contributed by atoms with van der Waals surface area (Å²) in [5, 5.41) is 13.8. The number of nitro groups is 1. The quantitative estimate of drug-likeness (QED) is 0.660. The third-order valence-electron chi connectivity index (χ3n) is 3.49. The van der Waals surface area contributed by atoms with Crippen molar-refractivity contribution in [1.82, 2.24) is 5.32 Å². The zero-order valence-corrected chi connectivity index (χ0v) is 12.2. The third kappa shape index (κ3) is 3.07. The number of benzene rings is 1. The van der Waals surface area contributed by atoms with Gasteiger partial charge in [-0.15, -0.1) is 0 Å². The first-order chi connectivity index (χ1) is 10.1. The number of nitrogens with one attached hydrogen (secondary N) is 1. The number of rotatable bonds is 5. The molecule has 7 nitrogen and oxygen atoms in total. The van der Waals surface area contributed by atoms with Gasteiger partial charge >= 0.3 is 5.69 Å². The molecule has 1 aromatic carbocycles. The summed E-state index contributed by atoms with van der Waals surface area (Å²) in [5.41, 5.74) is 0.709. The van der Waals surface area contributed by atoms with Crippen molar-refractivity contribution in [3.63, 3.8) is 0 Å². The van der Waals surface area contributed by atoms with Crippen molar-refractivity contribution in [2.45, 2.75) is 26.3 Å². The van der Waals surface area contributed by atoms with Crippen LogP contribution < -0.4 is 15.0 Å². The number of nitro benzene ring substituents is 1. The smallest absolute Gasteiger partial charge is 0.311 e. The summed E-state index contributed by atoms with van der Waals surface area (Å²) in [7, 11) is 0. The van der Waals surface area contributed by atoms with Gasteiger partial charge in [0.2, 0.25) is 5.91 Å². The summed E-state index contributed by atoms with van der Waals surface area (Å²) in [6, 6.07) is 4.49. The molecule has 1 N–H and O–H groups in total. The molecule has 7 heteroatoms. The normalized spacial score (nSPS) is 18.3. The number of hydrogen-bond acceptors (Lipinski definition) is 5. The minimum absolute atomic E-state index is 0.0138. The van der Waals surface area contributed by atoms with Crippen molar-refractivity contribution in [2.75, 3.05) is 24.6 Å². The van der Waals surface area contributed by atoms with Crippen molar-refractivity contribution in [2.24, 2.45) is 0 Å². The number of anilines is 1. The first-order valence-corrected chi connectivity index (χ1v) is 7.04. The average Bonchev–Trinajstić information content (AvgIpc) is 2.47. The minimum atomic E-state index is -0.463. The molecule has 1 saturated heterocycles. The van der Waals surface area contributed by atoms with Crippen molar-refractivity contribution in [3.8, 4) is 5.75 Å². The molecule has 1 aromatic rings. The molecule has 0 bridgehead atoms. The SMILES string of the molecule is CCOc1cc(N2CCNC(=O)C2CC)ccc1[N+](=O)[O-]. The van der Waals surface area contributed by atoms with Crippen LogP contribution in [0.15, 0.2) is 18.2 Å². The van der Waals surface area contributed by atoms with Gasteiger partial charge < -0.3 is 15.0 Å². The molecule has 21 heavy (non-hydrogen) atoms. The van der Waals surface area contributed by atoms with E-state index < -0.39 is 4.92 Å². The van der Waals surface area contributed by atoms with Crippen LogP contribution in [0.2, 0.25) is 0 Å². The topological polar surface area (TPSA) is 84.7 Å². The number of piperazine rings is 1. The monoisotopic (exact) mass is 293 g/mol. The Labute approximate surface area is 123 Å². The second-order valence-electron chi connectivity index (χ2n) is 4.75. The van der Waals surface area contributed by atoms with Crippen LogP contribution in [0.1, 0.15) is 20.3 Å². The number of ether oxygens (including phenoxy) is 1. The second kappa shape index (κ2) is 6.43. The molecular formula is C14H19N3O4. The van der Waals surface area contributed by atoms with Gasteiger partial charge in [-0.3, -0.25) is 14.9 Å². The number of carbonyl (C=O) groups is 1. The summed E-state index contributed by atoms with van der Waals surface area (Å²) in [5.74, 6) is 0.223. The van der Waals surface area contributed by atoms with Gasteiger partial charge in [0, 0.05) is 30.9 Å². The van der Waals surface area contributed by atoms with E-state index in [0.717, 1.165) is 5.69 Å². The molecule has 1 heterocycles. The van der Waals surface area contributed by atoms with E-state index in [-0.39, 0.29) is 23.4 Å². The van der Waals surface area contributed by atoms with Crippen LogP contribution in [0.3, 0.4) is 0 Å². The Balaban J connectivity index is 2.36. The molecule has 0 aromatic heterocycles. The Hall–Kier alpha value is -2.31. The lowest BCUT2D eigenvalue weighted by Gasteiger charge is -2.36. The maximum atomic E-state index is 11.9. The van der Waals surface area contributed by atoms with Crippen molar-refractivity contribution in [3.05, 3.63) is 28.3 Å². The summed E-state index contributed by atoms with van der Waals surface area (Å²) in [6.07, 6.45) is 0.673. The fourth-order valence-electron chi connectivity index (χ4n) is 2.53. The largest absolute Gasteiger partial charge is 0.487 e. The summed E-state index contributed by atoms with van der Waals surface area (Å²) >= 11 is 0. The molecule has 1 fully saturated rings. The highest BCUT2D eigenvalue weighted by Crippen LogP contribution is 2.33. The molecule has 0 saturated carbocycles. The van der Waals surface area contributed by atoms with Crippen LogP contribution in [-0.4, -0.2) is 36.6 Å². The van der Waals surface area contributed by atoms with Gasteiger partial charge in [0.05, 0.1) is 11.5 Å². The van der Waals surface area contributed by atoms with E-state index in [1.807, 2.05) is 11.8 Å². The van der Waals surface area contributed by atoms with Gasteiger partial charge in [-0.2, -0.15) is 0 Å². The zero-order chi connectivity index (χ0) is 15.4. The van der Waals surface area contributed by atoms with Crippen molar-refractivity contribution in [1.29, 1.82) is 0 Å². The van der Waals surface area contributed by atoms with E-state index in [1.54, 1.807) is 19.1 Å². The number of hydrogen-bond donors (Lipinski definition) is 1. The van der Waals surface area contributed by atoms with Gasteiger partial charge in [0.1, 0.15) is 6.04 Å². The molecule has 1 unspecified atom stereocenters. The molecule has 114 valence electrons. The van der Waals surface area contributed by atoms with E-state index in [0.29, 0.717) is 26.1 Å². The maximum absolute atomic E-state index is 11.9. The van der Waals surface area contributed by atoms with Gasteiger partial charge in [0.15, 0.2) is 5.75 Å². The summed E-state index contributed by atoms with van der Waals surface area (Å²) in [4.78, 5) is 24.4. The molecule has 2 rings (SSSR count). The predicted molar refractivity (Wildman–Crippen MR) is 78.7 cm³/mol. The third-order valence-corrected chi connectivity index (χ3v) is 3.49. The van der Waals surface area contributed by atoms with Crippen LogP contribution in [0.25, 0.3) is 0 Å². The van der Waals surface area contributed by atoms with E-state index in [4.69, 9.17) is 4.74 Å². The van der Waals surface area contributed by atoms with E-state index >= 15 is 0 Å². The lowest BCUT2D eigenvalue weighted by atomic mass is 10.1. The van der Waals surface area contributed by atoms with Gasteiger partial charge in [0.25, 0.3) is 0 Å². The van der Waals surface area contributed by atoms with Gasteiger partial charge in [-0.1, -0.05) is 6.92 Å². The summed E-state index contributed by atoms with van der Waals surface area (Å²) in [6.45, 7) is 5.31. The Morgan fingerprint density at radius 2 is 2.24 bits per heavy atom.